The summed E-state index contributed by atoms with van der Waals surface area (Å²) in [6.07, 6.45) is 3.72. The monoisotopic (exact) mass is 422 g/mol. The molecule has 0 spiro atoms. The summed E-state index contributed by atoms with van der Waals surface area (Å²) in [5.41, 5.74) is 2.47. The maximum absolute atomic E-state index is 12.8. The van der Waals surface area contributed by atoms with Crippen molar-refractivity contribution in [1.82, 2.24) is 10.2 Å². The Hall–Kier alpha value is -3.06. The van der Waals surface area contributed by atoms with Gasteiger partial charge >= 0.3 is 6.03 Å². The van der Waals surface area contributed by atoms with Crippen molar-refractivity contribution in [2.24, 2.45) is 0 Å². The number of nitrogens with zero attached hydrogens (tertiary/aromatic N) is 2. The minimum Gasteiger partial charge on any atom is -0.496 e. The molecule has 164 valence electrons. The number of hydrogen-bond donors (Lipinski definition) is 2. The second kappa shape index (κ2) is 9.83. The highest BCUT2D eigenvalue weighted by Gasteiger charge is 2.27. The number of hydrogen-bond acceptors (Lipinski definition) is 4. The summed E-state index contributed by atoms with van der Waals surface area (Å²) in [5.74, 6) is 0.930. The standard InChI is InChI=1S/C24H30N4O3/c1-31-22-12-5-2-9-18(22)21(27-14-6-7-15-27)17-25-24(30)26-19-10-3-4-11-20(19)28-16-8-13-23(28)29/h2-5,9-12,21H,6-8,13-17H2,1H3,(H2,25,26,30). The molecular formula is C24H30N4O3. The second-order valence-electron chi connectivity index (χ2n) is 8.00. The third-order valence-corrected chi connectivity index (χ3v) is 6.05. The predicted molar refractivity (Wildman–Crippen MR) is 122 cm³/mol. The Morgan fingerprint density at radius 1 is 1.03 bits per heavy atom. The molecule has 1 atom stereocenters. The van der Waals surface area contributed by atoms with E-state index in [2.05, 4.69) is 21.6 Å². The average Bonchev–Trinajstić information content (AvgIpc) is 3.47. The van der Waals surface area contributed by atoms with E-state index in [1.54, 1.807) is 12.0 Å². The smallest absolute Gasteiger partial charge is 0.319 e. The Labute approximate surface area is 183 Å². The second-order valence-corrected chi connectivity index (χ2v) is 8.00. The van der Waals surface area contributed by atoms with Crippen LogP contribution in [0.5, 0.6) is 5.75 Å². The van der Waals surface area contributed by atoms with Gasteiger partial charge in [-0.15, -0.1) is 0 Å². The molecular weight excluding hydrogens is 392 g/mol. The molecule has 2 N–H and O–H groups in total. The van der Waals surface area contributed by atoms with Crippen LogP contribution in [-0.2, 0) is 4.79 Å². The molecule has 1 unspecified atom stereocenters. The van der Waals surface area contributed by atoms with Crippen molar-refractivity contribution in [3.63, 3.8) is 0 Å². The number of ether oxygens (including phenoxy) is 1. The largest absolute Gasteiger partial charge is 0.496 e. The zero-order valence-electron chi connectivity index (χ0n) is 18.0. The molecule has 2 aromatic rings. The number of anilines is 2. The third kappa shape index (κ3) is 4.82. The lowest BCUT2D eigenvalue weighted by molar-refractivity contribution is -0.117. The topological polar surface area (TPSA) is 73.9 Å². The van der Waals surface area contributed by atoms with Crippen molar-refractivity contribution in [1.29, 1.82) is 0 Å². The van der Waals surface area contributed by atoms with Gasteiger partial charge in [0.15, 0.2) is 0 Å². The van der Waals surface area contributed by atoms with Gasteiger partial charge in [-0.25, -0.2) is 4.79 Å². The van der Waals surface area contributed by atoms with Gasteiger partial charge in [0.25, 0.3) is 0 Å². The molecule has 2 fully saturated rings. The summed E-state index contributed by atoms with van der Waals surface area (Å²) in [6.45, 7) is 3.17. The Morgan fingerprint density at radius 2 is 1.77 bits per heavy atom. The average molecular weight is 423 g/mol. The summed E-state index contributed by atoms with van der Waals surface area (Å²) in [7, 11) is 1.68. The van der Waals surface area contributed by atoms with Gasteiger partial charge in [-0.1, -0.05) is 30.3 Å². The van der Waals surface area contributed by atoms with E-state index in [4.69, 9.17) is 4.74 Å². The molecule has 2 aliphatic rings. The number of methoxy groups -OCH3 is 1. The fourth-order valence-corrected chi connectivity index (χ4v) is 4.50. The molecule has 7 nitrogen and oxygen atoms in total. The van der Waals surface area contributed by atoms with Crippen LogP contribution in [0.3, 0.4) is 0 Å². The minimum atomic E-state index is -0.279. The number of amides is 3. The van der Waals surface area contributed by atoms with Crippen molar-refractivity contribution in [3.8, 4) is 5.75 Å². The first-order valence-electron chi connectivity index (χ1n) is 11.0. The van der Waals surface area contributed by atoms with E-state index in [0.717, 1.165) is 49.4 Å². The van der Waals surface area contributed by atoms with Crippen molar-refractivity contribution >= 4 is 23.3 Å². The Bertz CT molecular complexity index is 927. The molecule has 31 heavy (non-hydrogen) atoms. The van der Waals surface area contributed by atoms with E-state index < -0.39 is 0 Å². The molecule has 2 aromatic carbocycles. The van der Waals surface area contributed by atoms with E-state index >= 15 is 0 Å². The van der Waals surface area contributed by atoms with Crippen LogP contribution in [0.2, 0.25) is 0 Å². The summed E-state index contributed by atoms with van der Waals surface area (Å²) in [4.78, 5) is 29.1. The van der Waals surface area contributed by atoms with Crippen LogP contribution in [-0.4, -0.2) is 50.1 Å². The first-order valence-corrected chi connectivity index (χ1v) is 11.0. The lowest BCUT2D eigenvalue weighted by Gasteiger charge is -2.29. The summed E-state index contributed by atoms with van der Waals surface area (Å²) >= 11 is 0. The zero-order chi connectivity index (χ0) is 21.6. The normalized spacial score (nSPS) is 17.6. The molecule has 0 bridgehead atoms. The van der Waals surface area contributed by atoms with Gasteiger partial charge in [-0.3, -0.25) is 9.69 Å². The fraction of sp³-hybridized carbons (Fsp3) is 0.417. The number of nitrogens with one attached hydrogen (secondary N) is 2. The Morgan fingerprint density at radius 3 is 2.52 bits per heavy atom. The number of benzene rings is 2. The Balaban J connectivity index is 1.46. The van der Waals surface area contributed by atoms with E-state index in [0.29, 0.717) is 25.2 Å². The van der Waals surface area contributed by atoms with E-state index in [9.17, 15) is 9.59 Å². The predicted octanol–water partition coefficient (Wildman–Crippen LogP) is 3.78. The molecule has 0 aromatic heterocycles. The van der Waals surface area contributed by atoms with Gasteiger partial charge in [0.05, 0.1) is 24.5 Å². The SMILES string of the molecule is COc1ccccc1C(CNC(=O)Nc1ccccc1N1CCCC1=O)N1CCCC1. The summed E-state index contributed by atoms with van der Waals surface area (Å²) in [5, 5.41) is 5.98. The molecule has 2 saturated heterocycles. The van der Waals surface area contributed by atoms with Gasteiger partial charge in [-0.05, 0) is 50.6 Å². The number of carbonyl (C=O) groups excluding carboxylic acids is 2. The molecule has 3 amide bonds. The highest BCUT2D eigenvalue weighted by molar-refractivity contribution is 6.01. The van der Waals surface area contributed by atoms with Crippen LogP contribution in [0.15, 0.2) is 48.5 Å². The highest BCUT2D eigenvalue weighted by atomic mass is 16.5. The molecule has 2 heterocycles. The third-order valence-electron chi connectivity index (χ3n) is 6.05. The first-order chi connectivity index (χ1) is 15.2. The lowest BCUT2D eigenvalue weighted by atomic mass is 10.0. The number of carbonyl (C=O) groups is 2. The molecule has 0 radical (unpaired) electrons. The van der Waals surface area contributed by atoms with Crippen molar-refractivity contribution < 1.29 is 14.3 Å². The maximum atomic E-state index is 12.8. The van der Waals surface area contributed by atoms with Crippen LogP contribution >= 0.6 is 0 Å². The van der Waals surface area contributed by atoms with Gasteiger partial charge in [0, 0.05) is 25.1 Å². The van der Waals surface area contributed by atoms with Crippen LogP contribution in [0.1, 0.15) is 37.3 Å². The van der Waals surface area contributed by atoms with E-state index in [-0.39, 0.29) is 18.0 Å². The number of rotatable bonds is 7. The van der Waals surface area contributed by atoms with Gasteiger partial charge < -0.3 is 20.3 Å². The number of para-hydroxylation sites is 3. The van der Waals surface area contributed by atoms with Crippen LogP contribution in [0, 0.1) is 0 Å². The quantitative estimate of drug-likeness (QED) is 0.712. The number of urea groups is 1. The molecule has 4 rings (SSSR count). The van der Waals surface area contributed by atoms with Crippen LogP contribution in [0.25, 0.3) is 0 Å². The molecule has 0 saturated carbocycles. The van der Waals surface area contributed by atoms with Crippen molar-refractivity contribution in [2.45, 2.75) is 31.7 Å². The zero-order valence-corrected chi connectivity index (χ0v) is 18.0. The van der Waals surface area contributed by atoms with Gasteiger partial charge in [-0.2, -0.15) is 0 Å². The minimum absolute atomic E-state index is 0.0415. The fourth-order valence-electron chi connectivity index (χ4n) is 4.50. The van der Waals surface area contributed by atoms with Gasteiger partial charge in [0.1, 0.15) is 5.75 Å². The Kier molecular flexibility index (Phi) is 6.72. The summed E-state index contributed by atoms with van der Waals surface area (Å²) < 4.78 is 5.58. The van der Waals surface area contributed by atoms with Gasteiger partial charge in [0.2, 0.25) is 5.91 Å². The van der Waals surface area contributed by atoms with Crippen LogP contribution < -0.4 is 20.3 Å². The lowest BCUT2D eigenvalue weighted by Crippen LogP contribution is -2.39. The summed E-state index contributed by atoms with van der Waals surface area (Å²) in [6, 6.07) is 15.2. The first kappa shape index (κ1) is 21.2. The molecule has 7 heteroatoms. The van der Waals surface area contributed by atoms with Crippen molar-refractivity contribution in [3.05, 3.63) is 54.1 Å². The highest BCUT2D eigenvalue weighted by Crippen LogP contribution is 2.32. The maximum Gasteiger partial charge on any atom is 0.319 e. The number of likely N-dealkylation sites (tertiary alicyclic amines) is 1. The van der Waals surface area contributed by atoms with E-state index in [1.165, 1.54) is 0 Å². The molecule has 2 aliphatic heterocycles. The van der Waals surface area contributed by atoms with Crippen LogP contribution in [0.4, 0.5) is 16.2 Å². The van der Waals surface area contributed by atoms with Crippen molar-refractivity contribution in [2.75, 3.05) is 43.5 Å². The van der Waals surface area contributed by atoms with E-state index in [1.807, 2.05) is 42.5 Å². The molecule has 0 aliphatic carbocycles.